The summed E-state index contributed by atoms with van der Waals surface area (Å²) in [4.78, 5) is 12.3. The van der Waals surface area contributed by atoms with Crippen LogP contribution in [0.5, 0.6) is 5.75 Å². The van der Waals surface area contributed by atoms with E-state index in [1.165, 1.54) is 23.1 Å². The van der Waals surface area contributed by atoms with E-state index in [1.807, 2.05) is 0 Å². The Morgan fingerprint density at radius 2 is 1.90 bits per heavy atom. The number of Topliss-reactive ketones (excluding diaryl/α,β-unsaturated/α-hetero) is 1. The molecule has 1 aliphatic heterocycles. The highest BCUT2D eigenvalue weighted by molar-refractivity contribution is 6.43. The number of rotatable bonds is 1. The first kappa shape index (κ1) is 19.8. The molecular formula is C27H29ClO3. The van der Waals surface area contributed by atoms with Gasteiger partial charge < -0.3 is 9.84 Å². The van der Waals surface area contributed by atoms with E-state index in [2.05, 4.69) is 31.2 Å². The summed E-state index contributed by atoms with van der Waals surface area (Å²) < 4.78 is 6.45. The van der Waals surface area contributed by atoms with Gasteiger partial charge in [-0.2, -0.15) is 0 Å². The van der Waals surface area contributed by atoms with Gasteiger partial charge in [-0.3, -0.25) is 4.79 Å². The SMILES string of the molecule is C[C@]12C[C@H](c3ccc(O)cc3)C3=C4CCC(=O)C(Cl)=C4CC[C@H]3[C@@H]1CC[C@@]21C=CCO1. The number of hydrogen-bond donors (Lipinski definition) is 1. The summed E-state index contributed by atoms with van der Waals surface area (Å²) in [6, 6.07) is 7.76. The summed E-state index contributed by atoms with van der Waals surface area (Å²) in [6.45, 7) is 3.17. The first-order chi connectivity index (χ1) is 14.9. The lowest BCUT2D eigenvalue weighted by atomic mass is 9.51. The Morgan fingerprint density at radius 3 is 2.65 bits per heavy atom. The monoisotopic (exact) mass is 436 g/mol. The summed E-state index contributed by atoms with van der Waals surface area (Å²) in [5, 5.41) is 10.4. The van der Waals surface area contributed by atoms with Gasteiger partial charge in [0.25, 0.3) is 0 Å². The van der Waals surface area contributed by atoms with Crippen molar-refractivity contribution in [1.82, 2.24) is 0 Å². The number of ether oxygens (including phenoxy) is 1. The number of carbonyl (C=O) groups excluding carboxylic acids is 1. The lowest BCUT2D eigenvalue weighted by Crippen LogP contribution is -2.51. The van der Waals surface area contributed by atoms with Gasteiger partial charge in [0, 0.05) is 17.8 Å². The average molecular weight is 437 g/mol. The maximum absolute atomic E-state index is 12.3. The normalized spacial score (nSPS) is 39.2. The van der Waals surface area contributed by atoms with Crippen molar-refractivity contribution in [3.63, 3.8) is 0 Å². The minimum atomic E-state index is -0.153. The molecule has 0 amide bonds. The minimum absolute atomic E-state index is 0.0762. The molecule has 0 aromatic heterocycles. The molecule has 5 atom stereocenters. The van der Waals surface area contributed by atoms with E-state index in [-0.39, 0.29) is 22.7 Å². The Bertz CT molecular complexity index is 1050. The van der Waals surface area contributed by atoms with E-state index >= 15 is 0 Å². The van der Waals surface area contributed by atoms with Gasteiger partial charge in [0.2, 0.25) is 0 Å². The zero-order valence-electron chi connectivity index (χ0n) is 18.0. The molecule has 0 saturated heterocycles. The van der Waals surface area contributed by atoms with Crippen LogP contribution in [0.4, 0.5) is 0 Å². The predicted molar refractivity (Wildman–Crippen MR) is 121 cm³/mol. The van der Waals surface area contributed by atoms with Crippen LogP contribution in [0.2, 0.25) is 0 Å². The van der Waals surface area contributed by atoms with E-state index in [0.29, 0.717) is 29.0 Å². The van der Waals surface area contributed by atoms with Crippen molar-refractivity contribution < 1.29 is 14.6 Å². The highest BCUT2D eigenvalue weighted by Crippen LogP contribution is 2.68. The standard InChI is InChI=1S/C27H29ClO3/c1-26-15-21(16-3-5-17(29)6-4-16)24-18-9-10-23(30)25(28)19(18)7-8-20(24)22(26)11-13-27(26)12-2-14-31-27/h2-6,12,20-22,29H,7-11,13-15H2,1H3/t20-,21+,22-,26-,27-/m0/s1. The maximum Gasteiger partial charge on any atom is 0.174 e. The number of fused-ring (bicyclic) bond motifs is 5. The third-order valence-electron chi connectivity index (χ3n) is 9.15. The summed E-state index contributed by atoms with van der Waals surface area (Å²) in [6.07, 6.45) is 11.2. The molecule has 1 spiro atoms. The molecule has 2 saturated carbocycles. The Labute approximate surface area is 188 Å². The number of phenols is 1. The summed E-state index contributed by atoms with van der Waals surface area (Å²) in [7, 11) is 0. The zero-order chi connectivity index (χ0) is 21.4. The van der Waals surface area contributed by atoms with Gasteiger partial charge in [0.15, 0.2) is 5.78 Å². The minimum Gasteiger partial charge on any atom is -0.508 e. The number of ketones is 1. The molecule has 6 rings (SSSR count). The lowest BCUT2D eigenvalue weighted by Gasteiger charge is -2.55. The fourth-order valence-corrected chi connectivity index (χ4v) is 8.04. The number of hydrogen-bond acceptors (Lipinski definition) is 3. The smallest absolute Gasteiger partial charge is 0.174 e. The Morgan fingerprint density at radius 1 is 1.10 bits per heavy atom. The van der Waals surface area contributed by atoms with Crippen LogP contribution >= 0.6 is 11.6 Å². The topological polar surface area (TPSA) is 46.5 Å². The quantitative estimate of drug-likeness (QED) is 0.534. The molecule has 4 heteroatoms. The van der Waals surface area contributed by atoms with Crippen LogP contribution in [0.3, 0.4) is 0 Å². The molecule has 0 unspecified atom stereocenters. The lowest BCUT2D eigenvalue weighted by molar-refractivity contribution is -0.115. The van der Waals surface area contributed by atoms with E-state index in [9.17, 15) is 9.90 Å². The summed E-state index contributed by atoms with van der Waals surface area (Å²) in [5.41, 5.74) is 5.18. The van der Waals surface area contributed by atoms with Gasteiger partial charge in [-0.25, -0.2) is 0 Å². The Hall–Kier alpha value is -1.84. The molecule has 3 nitrogen and oxygen atoms in total. The molecular weight excluding hydrogens is 408 g/mol. The molecule has 4 aliphatic carbocycles. The molecule has 1 N–H and O–H groups in total. The van der Waals surface area contributed by atoms with Crippen LogP contribution in [-0.4, -0.2) is 23.1 Å². The molecule has 2 fully saturated rings. The second kappa shape index (κ2) is 6.83. The molecule has 1 heterocycles. The average Bonchev–Trinajstić information content (AvgIpc) is 3.36. The van der Waals surface area contributed by atoms with Crippen molar-refractivity contribution in [2.45, 2.75) is 63.4 Å². The highest BCUT2D eigenvalue weighted by atomic mass is 35.5. The number of benzene rings is 1. The van der Waals surface area contributed by atoms with Gasteiger partial charge in [-0.05, 0) is 79.2 Å². The molecule has 0 radical (unpaired) electrons. The molecule has 5 aliphatic rings. The fourth-order valence-electron chi connectivity index (χ4n) is 7.73. The first-order valence-corrected chi connectivity index (χ1v) is 12.1. The Balaban J connectivity index is 1.55. The van der Waals surface area contributed by atoms with Crippen LogP contribution in [-0.2, 0) is 9.53 Å². The molecule has 1 aromatic carbocycles. The third kappa shape index (κ3) is 2.66. The van der Waals surface area contributed by atoms with Gasteiger partial charge in [-0.1, -0.05) is 48.4 Å². The van der Waals surface area contributed by atoms with Crippen molar-refractivity contribution in [3.05, 3.63) is 63.7 Å². The first-order valence-electron chi connectivity index (χ1n) is 11.7. The predicted octanol–water partition coefficient (Wildman–Crippen LogP) is 6.18. The summed E-state index contributed by atoms with van der Waals surface area (Å²) in [5.74, 6) is 1.76. The van der Waals surface area contributed by atoms with Crippen LogP contribution in [0.25, 0.3) is 0 Å². The highest BCUT2D eigenvalue weighted by Gasteiger charge is 2.63. The van der Waals surface area contributed by atoms with Gasteiger partial charge in [-0.15, -0.1) is 0 Å². The van der Waals surface area contributed by atoms with E-state index in [4.69, 9.17) is 16.3 Å². The number of allylic oxidation sites excluding steroid dienone is 4. The largest absolute Gasteiger partial charge is 0.508 e. The molecule has 31 heavy (non-hydrogen) atoms. The van der Waals surface area contributed by atoms with Crippen LogP contribution < -0.4 is 0 Å². The third-order valence-corrected chi connectivity index (χ3v) is 9.59. The van der Waals surface area contributed by atoms with Crippen molar-refractivity contribution in [1.29, 1.82) is 0 Å². The zero-order valence-corrected chi connectivity index (χ0v) is 18.8. The number of phenolic OH excluding ortho intramolecular Hbond substituents is 1. The van der Waals surface area contributed by atoms with Gasteiger partial charge >= 0.3 is 0 Å². The second-order valence-electron chi connectivity index (χ2n) is 10.3. The number of aromatic hydroxyl groups is 1. The van der Waals surface area contributed by atoms with Gasteiger partial charge in [0.05, 0.1) is 17.2 Å². The van der Waals surface area contributed by atoms with Crippen molar-refractivity contribution in [2.24, 2.45) is 17.3 Å². The van der Waals surface area contributed by atoms with Crippen molar-refractivity contribution in [3.8, 4) is 5.75 Å². The van der Waals surface area contributed by atoms with Crippen molar-refractivity contribution >= 4 is 17.4 Å². The van der Waals surface area contributed by atoms with Crippen molar-refractivity contribution in [2.75, 3.05) is 6.61 Å². The Kier molecular flexibility index (Phi) is 4.36. The maximum atomic E-state index is 12.3. The van der Waals surface area contributed by atoms with E-state index < -0.39 is 0 Å². The van der Waals surface area contributed by atoms with Gasteiger partial charge in [0.1, 0.15) is 5.75 Å². The number of carbonyl (C=O) groups is 1. The van der Waals surface area contributed by atoms with Crippen LogP contribution in [0.1, 0.15) is 63.4 Å². The number of halogens is 1. The van der Waals surface area contributed by atoms with Crippen LogP contribution in [0, 0.1) is 17.3 Å². The molecule has 162 valence electrons. The molecule has 1 aromatic rings. The molecule has 0 bridgehead atoms. The second-order valence-corrected chi connectivity index (χ2v) is 10.7. The van der Waals surface area contributed by atoms with E-state index in [1.54, 1.807) is 12.1 Å². The summed E-state index contributed by atoms with van der Waals surface area (Å²) >= 11 is 6.56. The van der Waals surface area contributed by atoms with E-state index in [0.717, 1.165) is 44.3 Å². The van der Waals surface area contributed by atoms with Crippen LogP contribution in [0.15, 0.2) is 58.2 Å². The fraction of sp³-hybridized carbons (Fsp3) is 0.519.